The van der Waals surface area contributed by atoms with E-state index in [2.05, 4.69) is 48.9 Å². The summed E-state index contributed by atoms with van der Waals surface area (Å²) in [6.07, 6.45) is 1.75. The van der Waals surface area contributed by atoms with E-state index in [9.17, 15) is 4.79 Å². The summed E-state index contributed by atoms with van der Waals surface area (Å²) < 4.78 is 3.72. The number of halogens is 2. The fourth-order valence-electron chi connectivity index (χ4n) is 1.74. The Balaban J connectivity index is 2.09. The van der Waals surface area contributed by atoms with Crippen LogP contribution < -0.4 is 5.32 Å². The van der Waals surface area contributed by atoms with E-state index in [1.165, 1.54) is 0 Å². The zero-order chi connectivity index (χ0) is 13.8. The van der Waals surface area contributed by atoms with Gasteiger partial charge in [0.15, 0.2) is 0 Å². The summed E-state index contributed by atoms with van der Waals surface area (Å²) in [5.41, 5.74) is 1.67. The van der Waals surface area contributed by atoms with Crippen LogP contribution in [-0.4, -0.2) is 15.7 Å². The Labute approximate surface area is 133 Å². The predicted octanol–water partition coefficient (Wildman–Crippen LogP) is 3.20. The fourth-order valence-corrected chi connectivity index (χ4v) is 2.81. The molecule has 1 heterocycles. The highest BCUT2D eigenvalue weighted by Gasteiger charge is 2.12. The van der Waals surface area contributed by atoms with Gasteiger partial charge in [-0.1, -0.05) is 12.1 Å². The first-order chi connectivity index (χ1) is 9.13. The maximum absolute atomic E-state index is 12.1. The van der Waals surface area contributed by atoms with Gasteiger partial charge in [-0.05, 0) is 57.6 Å². The van der Waals surface area contributed by atoms with Gasteiger partial charge < -0.3 is 5.32 Å². The number of amides is 1. The SMILES string of the molecule is CCn1ncc(Br)c1CNC(=O)c1ccccc1I. The van der Waals surface area contributed by atoms with E-state index in [0.29, 0.717) is 12.1 Å². The third-order valence-electron chi connectivity index (χ3n) is 2.73. The number of rotatable bonds is 4. The van der Waals surface area contributed by atoms with Gasteiger partial charge in [0, 0.05) is 10.1 Å². The normalized spacial score (nSPS) is 10.5. The zero-order valence-corrected chi connectivity index (χ0v) is 14.1. The quantitative estimate of drug-likeness (QED) is 0.752. The minimum absolute atomic E-state index is 0.0687. The lowest BCUT2D eigenvalue weighted by Gasteiger charge is -2.09. The lowest BCUT2D eigenvalue weighted by molar-refractivity contribution is 0.0949. The lowest BCUT2D eigenvalue weighted by atomic mass is 10.2. The highest BCUT2D eigenvalue weighted by atomic mass is 127. The van der Waals surface area contributed by atoms with Crippen LogP contribution in [0.25, 0.3) is 0 Å². The van der Waals surface area contributed by atoms with Crippen LogP contribution in [0.2, 0.25) is 0 Å². The summed E-state index contributed by atoms with van der Waals surface area (Å²) in [5.74, 6) is -0.0687. The molecule has 0 unspecified atom stereocenters. The number of carbonyl (C=O) groups is 1. The van der Waals surface area contributed by atoms with Crippen LogP contribution in [0.1, 0.15) is 23.0 Å². The largest absolute Gasteiger partial charge is 0.346 e. The molecule has 0 atom stereocenters. The summed E-state index contributed by atoms with van der Waals surface area (Å²) in [5, 5.41) is 7.14. The maximum atomic E-state index is 12.1. The topological polar surface area (TPSA) is 46.9 Å². The Morgan fingerprint density at radius 2 is 2.21 bits per heavy atom. The molecule has 1 N–H and O–H groups in total. The Hall–Kier alpha value is -0.890. The summed E-state index contributed by atoms with van der Waals surface area (Å²) >= 11 is 5.60. The molecule has 0 aliphatic carbocycles. The van der Waals surface area contributed by atoms with E-state index in [0.717, 1.165) is 20.3 Å². The van der Waals surface area contributed by atoms with Crippen molar-refractivity contribution >= 4 is 44.4 Å². The number of nitrogens with zero attached hydrogens (tertiary/aromatic N) is 2. The Bertz CT molecular complexity index is 597. The van der Waals surface area contributed by atoms with Crippen LogP contribution in [0.5, 0.6) is 0 Å². The number of carbonyl (C=O) groups excluding carboxylic acids is 1. The van der Waals surface area contributed by atoms with Crippen molar-refractivity contribution in [2.24, 2.45) is 0 Å². The Morgan fingerprint density at radius 1 is 1.47 bits per heavy atom. The van der Waals surface area contributed by atoms with Crippen molar-refractivity contribution < 1.29 is 4.79 Å². The van der Waals surface area contributed by atoms with Crippen LogP contribution in [0.4, 0.5) is 0 Å². The molecule has 6 heteroatoms. The lowest BCUT2D eigenvalue weighted by Crippen LogP contribution is -2.25. The Kier molecular flexibility index (Phi) is 4.98. The molecule has 0 bridgehead atoms. The molecule has 2 rings (SSSR count). The molecule has 0 saturated heterocycles. The molecule has 0 spiro atoms. The minimum Gasteiger partial charge on any atom is -0.346 e. The van der Waals surface area contributed by atoms with Crippen molar-refractivity contribution in [3.05, 3.63) is 49.8 Å². The number of benzene rings is 1. The van der Waals surface area contributed by atoms with E-state index in [1.807, 2.05) is 35.9 Å². The van der Waals surface area contributed by atoms with Gasteiger partial charge in [0.1, 0.15) is 0 Å². The molecule has 19 heavy (non-hydrogen) atoms. The first kappa shape index (κ1) is 14.5. The van der Waals surface area contributed by atoms with Gasteiger partial charge in [-0.3, -0.25) is 9.48 Å². The third-order valence-corrected chi connectivity index (χ3v) is 4.34. The van der Waals surface area contributed by atoms with Crippen molar-refractivity contribution in [3.63, 3.8) is 0 Å². The van der Waals surface area contributed by atoms with Gasteiger partial charge in [0.05, 0.1) is 28.5 Å². The van der Waals surface area contributed by atoms with Crippen LogP contribution in [0.3, 0.4) is 0 Å². The van der Waals surface area contributed by atoms with Gasteiger partial charge >= 0.3 is 0 Å². The molecule has 1 aromatic carbocycles. The van der Waals surface area contributed by atoms with Gasteiger partial charge in [0.2, 0.25) is 0 Å². The van der Waals surface area contributed by atoms with Gasteiger partial charge in [0.25, 0.3) is 5.91 Å². The molecule has 1 aromatic heterocycles. The third kappa shape index (κ3) is 3.36. The van der Waals surface area contributed by atoms with Crippen molar-refractivity contribution in [1.29, 1.82) is 0 Å². The molecule has 0 aliphatic heterocycles. The maximum Gasteiger partial charge on any atom is 0.252 e. The van der Waals surface area contributed by atoms with E-state index >= 15 is 0 Å². The standard InChI is InChI=1S/C13H13BrIN3O/c1-2-18-12(10(14)7-17-18)8-16-13(19)9-5-3-4-6-11(9)15/h3-7H,2,8H2,1H3,(H,16,19). The number of hydrogen-bond acceptors (Lipinski definition) is 2. The second-order valence-corrected chi connectivity index (χ2v) is 5.93. The van der Waals surface area contributed by atoms with Crippen LogP contribution in [0, 0.1) is 3.57 Å². The average Bonchev–Trinajstić information content (AvgIpc) is 2.77. The number of aromatic nitrogens is 2. The molecule has 0 aliphatic rings. The van der Waals surface area contributed by atoms with Crippen LogP contribution in [0.15, 0.2) is 34.9 Å². The summed E-state index contributed by atoms with van der Waals surface area (Å²) in [6.45, 7) is 3.25. The van der Waals surface area contributed by atoms with Crippen molar-refractivity contribution in [2.45, 2.75) is 20.0 Å². The van der Waals surface area contributed by atoms with Gasteiger partial charge in [-0.2, -0.15) is 5.10 Å². The van der Waals surface area contributed by atoms with E-state index in [4.69, 9.17) is 0 Å². The van der Waals surface area contributed by atoms with Crippen molar-refractivity contribution in [3.8, 4) is 0 Å². The molecular formula is C13H13BrIN3O. The minimum atomic E-state index is -0.0687. The Morgan fingerprint density at radius 3 is 2.89 bits per heavy atom. The summed E-state index contributed by atoms with van der Waals surface area (Å²) in [6, 6.07) is 7.52. The summed E-state index contributed by atoms with van der Waals surface area (Å²) in [7, 11) is 0. The highest BCUT2D eigenvalue weighted by molar-refractivity contribution is 14.1. The number of aryl methyl sites for hydroxylation is 1. The van der Waals surface area contributed by atoms with Crippen molar-refractivity contribution in [1.82, 2.24) is 15.1 Å². The first-order valence-electron chi connectivity index (χ1n) is 5.86. The second-order valence-electron chi connectivity index (χ2n) is 3.92. The molecule has 1 amide bonds. The van der Waals surface area contributed by atoms with Gasteiger partial charge in [-0.25, -0.2) is 0 Å². The molecule has 2 aromatic rings. The van der Waals surface area contributed by atoms with Gasteiger partial charge in [-0.15, -0.1) is 0 Å². The zero-order valence-electron chi connectivity index (χ0n) is 10.4. The summed E-state index contributed by atoms with van der Waals surface area (Å²) in [4.78, 5) is 12.1. The second kappa shape index (κ2) is 6.51. The van der Waals surface area contributed by atoms with E-state index < -0.39 is 0 Å². The van der Waals surface area contributed by atoms with Crippen LogP contribution in [-0.2, 0) is 13.1 Å². The smallest absolute Gasteiger partial charge is 0.252 e. The monoisotopic (exact) mass is 433 g/mol. The molecule has 0 fully saturated rings. The molecule has 4 nitrogen and oxygen atoms in total. The fraction of sp³-hybridized carbons (Fsp3) is 0.231. The predicted molar refractivity (Wildman–Crippen MR) is 85.9 cm³/mol. The van der Waals surface area contributed by atoms with Crippen LogP contribution >= 0.6 is 38.5 Å². The molecule has 0 saturated carbocycles. The van der Waals surface area contributed by atoms with E-state index in [1.54, 1.807) is 6.20 Å². The number of nitrogens with one attached hydrogen (secondary N) is 1. The first-order valence-corrected chi connectivity index (χ1v) is 7.73. The van der Waals surface area contributed by atoms with Crippen molar-refractivity contribution in [2.75, 3.05) is 0 Å². The molecule has 0 radical (unpaired) electrons. The average molecular weight is 434 g/mol. The highest BCUT2D eigenvalue weighted by Crippen LogP contribution is 2.16. The number of hydrogen-bond donors (Lipinski definition) is 1. The molecule has 100 valence electrons. The van der Waals surface area contributed by atoms with E-state index in [-0.39, 0.29) is 5.91 Å². The molecular weight excluding hydrogens is 421 g/mol.